The van der Waals surface area contributed by atoms with Crippen molar-refractivity contribution in [3.8, 4) is 0 Å². The van der Waals surface area contributed by atoms with E-state index in [1.807, 2.05) is 39.0 Å². The molecule has 0 unspecified atom stereocenters. The summed E-state index contributed by atoms with van der Waals surface area (Å²) in [6.07, 6.45) is 2.06. The van der Waals surface area contributed by atoms with Gasteiger partial charge in [-0.15, -0.1) is 0 Å². The molecule has 0 bridgehead atoms. The van der Waals surface area contributed by atoms with Crippen LogP contribution in [0, 0.1) is 6.92 Å². The molecule has 0 saturated heterocycles. The SMILES string of the molecule is CCNC(=O)[C@H](CC)N(Cc1ccc(Cl)cc1)C(=O)CCCN(c1cccc(C)c1)S(C)(=O)=O. The summed E-state index contributed by atoms with van der Waals surface area (Å²) in [5.41, 5.74) is 2.38. The second-order valence-electron chi connectivity index (χ2n) is 8.24. The number of nitrogens with zero attached hydrogens (tertiary/aromatic N) is 2. The summed E-state index contributed by atoms with van der Waals surface area (Å²) >= 11 is 5.99. The van der Waals surface area contributed by atoms with Gasteiger partial charge in [0.15, 0.2) is 0 Å². The lowest BCUT2D eigenvalue weighted by molar-refractivity contribution is -0.141. The number of halogens is 1. The number of sulfonamides is 1. The summed E-state index contributed by atoms with van der Waals surface area (Å²) in [5.74, 6) is -0.407. The van der Waals surface area contributed by atoms with Crippen molar-refractivity contribution in [3.05, 3.63) is 64.7 Å². The van der Waals surface area contributed by atoms with E-state index >= 15 is 0 Å². The predicted molar refractivity (Wildman–Crippen MR) is 137 cm³/mol. The van der Waals surface area contributed by atoms with Crippen LogP contribution < -0.4 is 9.62 Å². The molecule has 0 heterocycles. The Morgan fingerprint density at radius 2 is 1.76 bits per heavy atom. The summed E-state index contributed by atoms with van der Waals surface area (Å²) in [6.45, 7) is 6.50. The molecule has 7 nitrogen and oxygen atoms in total. The van der Waals surface area contributed by atoms with Crippen LogP contribution in [-0.4, -0.2) is 50.5 Å². The van der Waals surface area contributed by atoms with Gasteiger partial charge in [0, 0.05) is 31.1 Å². The highest BCUT2D eigenvalue weighted by molar-refractivity contribution is 7.92. The Morgan fingerprint density at radius 3 is 2.32 bits per heavy atom. The maximum atomic E-state index is 13.3. The highest BCUT2D eigenvalue weighted by atomic mass is 35.5. The topological polar surface area (TPSA) is 86.8 Å². The Labute approximate surface area is 208 Å². The first-order valence-corrected chi connectivity index (χ1v) is 13.7. The van der Waals surface area contributed by atoms with Crippen molar-refractivity contribution < 1.29 is 18.0 Å². The Balaban J connectivity index is 2.19. The van der Waals surface area contributed by atoms with E-state index < -0.39 is 16.1 Å². The summed E-state index contributed by atoms with van der Waals surface area (Å²) < 4.78 is 26.1. The van der Waals surface area contributed by atoms with E-state index in [0.29, 0.717) is 30.1 Å². The van der Waals surface area contributed by atoms with Gasteiger partial charge in [0.05, 0.1) is 11.9 Å². The lowest BCUT2D eigenvalue weighted by Gasteiger charge is -2.31. The molecule has 1 atom stereocenters. The molecule has 2 amide bonds. The molecule has 0 radical (unpaired) electrons. The number of aryl methyl sites for hydroxylation is 1. The number of carbonyl (C=O) groups excluding carboxylic acids is 2. The minimum absolute atomic E-state index is 0.112. The number of likely N-dealkylation sites (N-methyl/N-ethyl adjacent to an activating group) is 1. The average Bonchev–Trinajstić information content (AvgIpc) is 2.77. The zero-order valence-corrected chi connectivity index (χ0v) is 21.8. The van der Waals surface area contributed by atoms with Crippen LogP contribution >= 0.6 is 11.6 Å². The van der Waals surface area contributed by atoms with Gasteiger partial charge in [-0.3, -0.25) is 13.9 Å². The summed E-state index contributed by atoms with van der Waals surface area (Å²) in [5, 5.41) is 3.40. The van der Waals surface area contributed by atoms with Crippen molar-refractivity contribution >= 4 is 39.1 Å². The van der Waals surface area contributed by atoms with Gasteiger partial charge in [-0.05, 0) is 62.1 Å². The quantitative estimate of drug-likeness (QED) is 0.467. The van der Waals surface area contributed by atoms with Crippen LogP contribution in [0.3, 0.4) is 0 Å². The molecule has 0 fully saturated rings. The lowest BCUT2D eigenvalue weighted by Crippen LogP contribution is -2.49. The molecule has 0 aliphatic rings. The molecule has 2 rings (SSSR count). The van der Waals surface area contributed by atoms with Crippen molar-refractivity contribution in [3.63, 3.8) is 0 Å². The Kier molecular flexibility index (Phi) is 10.4. The zero-order chi connectivity index (χ0) is 25.3. The molecule has 34 heavy (non-hydrogen) atoms. The molecule has 0 spiro atoms. The smallest absolute Gasteiger partial charge is 0.242 e. The molecule has 0 saturated carbocycles. The first kappa shape index (κ1) is 27.7. The standard InChI is InChI=1S/C25H34ClN3O4S/c1-5-23(25(31)27-6-2)28(18-20-12-14-21(26)15-13-20)24(30)11-8-16-29(34(4,32)33)22-10-7-9-19(3)17-22/h7,9-10,12-15,17,23H,5-6,8,11,16,18H2,1-4H3,(H,27,31)/t23-/m0/s1. The number of hydrogen-bond acceptors (Lipinski definition) is 4. The normalized spacial score (nSPS) is 12.1. The van der Waals surface area contributed by atoms with E-state index in [0.717, 1.165) is 17.4 Å². The van der Waals surface area contributed by atoms with Gasteiger partial charge in [0.2, 0.25) is 21.8 Å². The van der Waals surface area contributed by atoms with E-state index in [4.69, 9.17) is 11.6 Å². The van der Waals surface area contributed by atoms with Crippen LogP contribution in [0.1, 0.15) is 44.2 Å². The van der Waals surface area contributed by atoms with Crippen LogP contribution in [0.4, 0.5) is 5.69 Å². The molecular weight excluding hydrogens is 474 g/mol. The molecule has 0 aliphatic carbocycles. The maximum absolute atomic E-state index is 13.3. The Hall–Kier alpha value is -2.58. The number of anilines is 1. The van der Waals surface area contributed by atoms with Gasteiger partial charge >= 0.3 is 0 Å². The minimum Gasteiger partial charge on any atom is -0.355 e. The van der Waals surface area contributed by atoms with Gasteiger partial charge < -0.3 is 10.2 Å². The fourth-order valence-electron chi connectivity index (χ4n) is 3.79. The average molecular weight is 508 g/mol. The third kappa shape index (κ3) is 8.02. The van der Waals surface area contributed by atoms with Gasteiger partial charge in [-0.2, -0.15) is 0 Å². The number of carbonyl (C=O) groups is 2. The van der Waals surface area contributed by atoms with Crippen molar-refractivity contribution in [2.45, 2.75) is 52.6 Å². The van der Waals surface area contributed by atoms with Gasteiger partial charge in [0.25, 0.3) is 0 Å². The number of rotatable bonds is 12. The van der Waals surface area contributed by atoms with Crippen molar-refractivity contribution in [2.24, 2.45) is 0 Å². The first-order chi connectivity index (χ1) is 16.1. The van der Waals surface area contributed by atoms with Gasteiger partial charge in [-0.25, -0.2) is 8.42 Å². The minimum atomic E-state index is -3.52. The van der Waals surface area contributed by atoms with Crippen molar-refractivity contribution in [1.29, 1.82) is 0 Å². The van der Waals surface area contributed by atoms with Crippen molar-refractivity contribution in [2.75, 3.05) is 23.7 Å². The summed E-state index contributed by atoms with van der Waals surface area (Å²) in [6, 6.07) is 13.8. The lowest BCUT2D eigenvalue weighted by atomic mass is 10.1. The van der Waals surface area contributed by atoms with Crippen LogP contribution in [0.2, 0.25) is 5.02 Å². The molecule has 2 aromatic rings. The second kappa shape index (κ2) is 12.8. The summed E-state index contributed by atoms with van der Waals surface area (Å²) in [4.78, 5) is 27.6. The first-order valence-electron chi connectivity index (χ1n) is 11.4. The second-order valence-corrected chi connectivity index (χ2v) is 10.6. The molecule has 1 N–H and O–H groups in total. The molecular formula is C25H34ClN3O4S. The highest BCUT2D eigenvalue weighted by Gasteiger charge is 2.28. The Bertz CT molecular complexity index is 1070. The molecule has 186 valence electrons. The van der Waals surface area contributed by atoms with E-state index in [2.05, 4.69) is 5.32 Å². The molecule has 0 aromatic heterocycles. The Morgan fingerprint density at radius 1 is 1.09 bits per heavy atom. The third-order valence-corrected chi connectivity index (χ3v) is 6.89. The number of nitrogens with one attached hydrogen (secondary N) is 1. The summed E-state index contributed by atoms with van der Waals surface area (Å²) in [7, 11) is -3.52. The molecule has 2 aromatic carbocycles. The highest BCUT2D eigenvalue weighted by Crippen LogP contribution is 2.21. The molecule has 0 aliphatic heterocycles. The maximum Gasteiger partial charge on any atom is 0.242 e. The van der Waals surface area contributed by atoms with Crippen LogP contribution in [0.15, 0.2) is 48.5 Å². The van der Waals surface area contributed by atoms with Crippen molar-refractivity contribution in [1.82, 2.24) is 10.2 Å². The van der Waals surface area contributed by atoms with Crippen LogP contribution in [0.25, 0.3) is 0 Å². The monoisotopic (exact) mass is 507 g/mol. The fourth-order valence-corrected chi connectivity index (χ4v) is 4.87. The largest absolute Gasteiger partial charge is 0.355 e. The van der Waals surface area contributed by atoms with E-state index in [1.165, 1.54) is 4.31 Å². The fraction of sp³-hybridized carbons (Fsp3) is 0.440. The molecule has 9 heteroatoms. The van der Waals surface area contributed by atoms with E-state index in [1.54, 1.807) is 35.2 Å². The predicted octanol–water partition coefficient (Wildman–Crippen LogP) is 4.14. The zero-order valence-electron chi connectivity index (χ0n) is 20.3. The van der Waals surface area contributed by atoms with Crippen LogP contribution in [0.5, 0.6) is 0 Å². The van der Waals surface area contributed by atoms with Crippen LogP contribution in [-0.2, 0) is 26.2 Å². The number of amides is 2. The third-order valence-electron chi connectivity index (χ3n) is 5.44. The van der Waals surface area contributed by atoms with E-state index in [9.17, 15) is 18.0 Å². The van der Waals surface area contributed by atoms with E-state index in [-0.39, 0.29) is 31.3 Å². The van der Waals surface area contributed by atoms with Gasteiger partial charge in [-0.1, -0.05) is 42.8 Å². The number of hydrogen-bond donors (Lipinski definition) is 1. The van der Waals surface area contributed by atoms with Gasteiger partial charge in [0.1, 0.15) is 6.04 Å². The number of benzene rings is 2.